The first-order valence-corrected chi connectivity index (χ1v) is 15.3. The number of aromatic nitrogens is 3. The van der Waals surface area contributed by atoms with E-state index in [1.165, 1.54) is 6.42 Å². The molecule has 2 aromatic rings. The average molecular weight is 564 g/mol. The van der Waals surface area contributed by atoms with Gasteiger partial charge in [0.05, 0.1) is 6.20 Å². The van der Waals surface area contributed by atoms with Crippen LogP contribution >= 0.6 is 11.8 Å². The number of hydrogen-bond donors (Lipinski definition) is 3. The van der Waals surface area contributed by atoms with Gasteiger partial charge in [-0.25, -0.2) is 14.8 Å². The van der Waals surface area contributed by atoms with Gasteiger partial charge in [-0.15, -0.1) is 11.8 Å². The van der Waals surface area contributed by atoms with Crippen molar-refractivity contribution in [1.82, 2.24) is 20.3 Å². The largest absolute Gasteiger partial charge is 0.444 e. The first-order valence-electron chi connectivity index (χ1n) is 14.4. The predicted molar refractivity (Wildman–Crippen MR) is 157 cm³/mol. The summed E-state index contributed by atoms with van der Waals surface area (Å²) in [6.07, 6.45) is 8.72. The highest BCUT2D eigenvalue weighted by atomic mass is 32.2. The molecule has 0 saturated heterocycles. The van der Waals surface area contributed by atoms with E-state index in [1.807, 2.05) is 33.0 Å². The second kappa shape index (κ2) is 11.4. The smallest absolute Gasteiger partial charge is 0.407 e. The van der Waals surface area contributed by atoms with Gasteiger partial charge in [-0.2, -0.15) is 10.2 Å². The summed E-state index contributed by atoms with van der Waals surface area (Å²) in [7, 11) is 0. The van der Waals surface area contributed by atoms with Crippen molar-refractivity contribution < 1.29 is 9.53 Å². The first-order chi connectivity index (χ1) is 19.0. The van der Waals surface area contributed by atoms with Crippen molar-refractivity contribution in [3.8, 4) is 6.07 Å². The Bertz CT molecular complexity index is 1260. The number of nitrogens with one attached hydrogen (secondary N) is 3. The molecule has 1 amide bonds. The number of pyridine rings is 1. The van der Waals surface area contributed by atoms with Crippen molar-refractivity contribution in [1.29, 1.82) is 5.26 Å². The monoisotopic (exact) mass is 563 g/mol. The quantitative estimate of drug-likeness (QED) is 0.316. The molecule has 2 heterocycles. The highest BCUT2D eigenvalue weighted by Gasteiger charge is 2.55. The minimum atomic E-state index is -0.502. The number of nitrogens with zero attached hydrogens (tertiary/aromatic N) is 4. The molecule has 0 aliphatic heterocycles. The van der Waals surface area contributed by atoms with Crippen LogP contribution in [-0.2, 0) is 11.3 Å². The summed E-state index contributed by atoms with van der Waals surface area (Å²) in [4.78, 5) is 26.2. The SMILES string of the molecule is CC(C)Sc1ncccc1CNc1ncc(C#N)c(NCC23CC4C[C@H](C2)C(NC(=O)OC(C)(C)C)[C@@H](C4)C3)n1. The zero-order chi connectivity index (χ0) is 28.5. The summed E-state index contributed by atoms with van der Waals surface area (Å²) in [5.74, 6) is 2.65. The van der Waals surface area contributed by atoms with E-state index >= 15 is 0 Å². The number of nitriles is 1. The fraction of sp³-hybridized carbons (Fsp3) is 0.633. The van der Waals surface area contributed by atoms with Crippen molar-refractivity contribution in [2.24, 2.45) is 23.2 Å². The number of carbonyl (C=O) groups excluding carboxylic acids is 1. The van der Waals surface area contributed by atoms with Crippen LogP contribution in [0.4, 0.5) is 16.6 Å². The van der Waals surface area contributed by atoms with Crippen LogP contribution in [0.15, 0.2) is 29.6 Å². The van der Waals surface area contributed by atoms with E-state index < -0.39 is 5.60 Å². The third-order valence-electron chi connectivity index (χ3n) is 8.26. The van der Waals surface area contributed by atoms with Gasteiger partial charge in [-0.1, -0.05) is 19.9 Å². The number of alkyl carbamates (subject to hydrolysis) is 1. The van der Waals surface area contributed by atoms with Gasteiger partial charge >= 0.3 is 6.09 Å². The van der Waals surface area contributed by atoms with E-state index in [-0.39, 0.29) is 17.6 Å². The van der Waals surface area contributed by atoms with Gasteiger partial charge < -0.3 is 20.7 Å². The topological polar surface area (TPSA) is 125 Å². The number of carbonyl (C=O) groups is 1. The summed E-state index contributed by atoms with van der Waals surface area (Å²) >= 11 is 1.73. The number of amides is 1. The maximum absolute atomic E-state index is 12.6. The third-order valence-corrected chi connectivity index (χ3v) is 9.32. The van der Waals surface area contributed by atoms with Gasteiger partial charge in [0, 0.05) is 36.1 Å². The summed E-state index contributed by atoms with van der Waals surface area (Å²) in [6, 6.07) is 6.42. The Morgan fingerprint density at radius 1 is 1.20 bits per heavy atom. The molecule has 214 valence electrons. The highest BCUT2D eigenvalue weighted by Crippen LogP contribution is 2.60. The molecule has 2 aromatic heterocycles. The molecule has 3 N–H and O–H groups in total. The van der Waals surface area contributed by atoms with Crippen LogP contribution in [0.1, 0.15) is 77.8 Å². The van der Waals surface area contributed by atoms with Gasteiger partial charge in [0.25, 0.3) is 0 Å². The molecule has 4 bridgehead atoms. The molecule has 3 unspecified atom stereocenters. The standard InChI is InChI=1S/C30H41N7O2S/c1-18(2)40-26-20(7-6-8-32-26)15-33-27-34-16-23(14-31)25(37-27)35-17-30-11-19-9-21(12-30)24(22(10-19)13-30)36-28(38)39-29(3,4)5/h6-8,16,18-19,21-22,24H,9-13,15,17H2,1-5H3,(H,36,38)(H2,33,34,35,37)/t19?,21-,22+,24?,30?. The second-order valence-electron chi connectivity index (χ2n) is 13.1. The molecule has 6 rings (SSSR count). The van der Waals surface area contributed by atoms with Gasteiger partial charge in [-0.3, -0.25) is 0 Å². The maximum Gasteiger partial charge on any atom is 0.407 e. The van der Waals surface area contributed by atoms with E-state index in [2.05, 4.69) is 51.9 Å². The minimum Gasteiger partial charge on any atom is -0.444 e. The lowest BCUT2D eigenvalue weighted by molar-refractivity contribution is -0.0703. The Morgan fingerprint density at radius 2 is 1.95 bits per heavy atom. The first kappa shape index (κ1) is 28.5. The van der Waals surface area contributed by atoms with Crippen LogP contribution in [0.3, 0.4) is 0 Å². The Hall–Kier alpha value is -3.06. The van der Waals surface area contributed by atoms with Crippen LogP contribution in [0.5, 0.6) is 0 Å². The molecule has 4 aliphatic carbocycles. The molecular formula is C30H41N7O2S. The van der Waals surface area contributed by atoms with Crippen LogP contribution in [0, 0.1) is 34.5 Å². The maximum atomic E-state index is 12.6. The second-order valence-corrected chi connectivity index (χ2v) is 14.6. The summed E-state index contributed by atoms with van der Waals surface area (Å²) in [5.41, 5.74) is 1.18. The number of anilines is 2. The van der Waals surface area contributed by atoms with Crippen molar-refractivity contribution in [2.75, 3.05) is 17.2 Å². The van der Waals surface area contributed by atoms with Gasteiger partial charge in [0.15, 0.2) is 0 Å². The molecule has 0 spiro atoms. The zero-order valence-corrected chi connectivity index (χ0v) is 25.0. The van der Waals surface area contributed by atoms with E-state index in [0.717, 1.165) is 42.8 Å². The molecule has 4 aliphatic rings. The number of rotatable bonds is 9. The number of thioether (sulfide) groups is 1. The van der Waals surface area contributed by atoms with Crippen LogP contribution in [0.2, 0.25) is 0 Å². The molecule has 10 heteroatoms. The summed E-state index contributed by atoms with van der Waals surface area (Å²) < 4.78 is 5.56. The molecule has 4 fully saturated rings. The Labute approximate surface area is 241 Å². The van der Waals surface area contributed by atoms with E-state index in [4.69, 9.17) is 9.72 Å². The molecular weight excluding hydrogens is 522 g/mol. The average Bonchev–Trinajstić information content (AvgIpc) is 2.87. The molecule has 0 aromatic carbocycles. The van der Waals surface area contributed by atoms with Crippen LogP contribution < -0.4 is 16.0 Å². The third kappa shape index (κ3) is 6.63. The van der Waals surface area contributed by atoms with Gasteiger partial charge in [0.1, 0.15) is 28.1 Å². The summed E-state index contributed by atoms with van der Waals surface area (Å²) in [6.45, 7) is 11.3. The molecule has 5 atom stereocenters. The predicted octanol–water partition coefficient (Wildman–Crippen LogP) is 5.99. The number of hydrogen-bond acceptors (Lipinski definition) is 9. The Morgan fingerprint density at radius 3 is 2.62 bits per heavy atom. The van der Waals surface area contributed by atoms with Crippen LogP contribution in [0.25, 0.3) is 0 Å². The van der Waals surface area contributed by atoms with E-state index in [1.54, 1.807) is 18.0 Å². The fourth-order valence-electron chi connectivity index (χ4n) is 7.11. The van der Waals surface area contributed by atoms with Crippen molar-refractivity contribution in [3.05, 3.63) is 35.7 Å². The lowest BCUT2D eigenvalue weighted by Gasteiger charge is -2.60. The highest BCUT2D eigenvalue weighted by molar-refractivity contribution is 7.99. The number of ether oxygens (including phenoxy) is 1. The molecule has 9 nitrogen and oxygen atoms in total. The van der Waals surface area contributed by atoms with E-state index in [9.17, 15) is 10.1 Å². The zero-order valence-electron chi connectivity index (χ0n) is 24.2. The van der Waals surface area contributed by atoms with Crippen LogP contribution in [-0.4, -0.2) is 44.5 Å². The Balaban J connectivity index is 1.24. The lowest BCUT2D eigenvalue weighted by atomic mass is 9.48. The molecule has 4 saturated carbocycles. The van der Waals surface area contributed by atoms with Gasteiger partial charge in [0.2, 0.25) is 5.95 Å². The van der Waals surface area contributed by atoms with Crippen molar-refractivity contribution in [3.63, 3.8) is 0 Å². The summed E-state index contributed by atoms with van der Waals surface area (Å²) in [5, 5.41) is 21.3. The Kier molecular flexibility index (Phi) is 8.14. The fourth-order valence-corrected chi connectivity index (χ4v) is 7.97. The van der Waals surface area contributed by atoms with Crippen molar-refractivity contribution >= 4 is 29.6 Å². The minimum absolute atomic E-state index is 0.145. The molecule has 40 heavy (non-hydrogen) atoms. The van der Waals surface area contributed by atoms with Gasteiger partial charge in [-0.05, 0) is 82.1 Å². The normalized spacial score (nSPS) is 26.8. The van der Waals surface area contributed by atoms with Crippen molar-refractivity contribution in [2.45, 2.75) is 95.2 Å². The lowest BCUT2D eigenvalue weighted by Crippen LogP contribution is -2.60. The molecule has 0 radical (unpaired) electrons. The van der Waals surface area contributed by atoms with E-state index in [0.29, 0.717) is 46.9 Å².